The lowest BCUT2D eigenvalue weighted by Crippen LogP contribution is -2.27. The van der Waals surface area contributed by atoms with Gasteiger partial charge in [-0.25, -0.2) is 4.98 Å². The molecule has 2 aliphatic rings. The highest BCUT2D eigenvalue weighted by atomic mass is 32.1. The summed E-state index contributed by atoms with van der Waals surface area (Å²) < 4.78 is 0. The number of piperidine rings is 1. The Morgan fingerprint density at radius 2 is 2.06 bits per heavy atom. The molecule has 3 N–H and O–H groups in total. The first-order valence-electron chi connectivity index (χ1n) is 5.93. The highest BCUT2D eigenvalue weighted by molar-refractivity contribution is 7.11. The first-order valence-corrected chi connectivity index (χ1v) is 6.75. The van der Waals surface area contributed by atoms with E-state index in [-0.39, 0.29) is 6.10 Å². The molecule has 1 saturated heterocycles. The van der Waals surface area contributed by atoms with Crippen LogP contribution in [-0.4, -0.2) is 29.7 Å². The van der Waals surface area contributed by atoms with Gasteiger partial charge in [0.2, 0.25) is 0 Å². The van der Waals surface area contributed by atoms with E-state index in [1.54, 1.807) is 11.3 Å². The Hall–Kier alpha value is -0.490. The van der Waals surface area contributed by atoms with E-state index < -0.39 is 0 Å². The molecule has 2 aliphatic heterocycles. The largest absolute Gasteiger partial charge is 0.386 e. The monoisotopic (exact) mass is 239 g/mol. The van der Waals surface area contributed by atoms with E-state index in [0.717, 1.165) is 30.2 Å². The summed E-state index contributed by atoms with van der Waals surface area (Å²) in [6.45, 7) is 3.67. The second-order valence-corrected chi connectivity index (χ2v) is 5.60. The van der Waals surface area contributed by atoms with Crippen LogP contribution in [0.1, 0.15) is 40.4 Å². The summed E-state index contributed by atoms with van der Waals surface area (Å²) in [4.78, 5) is 5.78. The average Bonchev–Trinajstić information content (AvgIpc) is 2.76. The van der Waals surface area contributed by atoms with Gasteiger partial charge in [-0.3, -0.25) is 0 Å². The smallest absolute Gasteiger partial charge is 0.102 e. The number of rotatable bonds is 1. The van der Waals surface area contributed by atoms with E-state index in [4.69, 9.17) is 4.98 Å². The van der Waals surface area contributed by atoms with Gasteiger partial charge in [-0.15, -0.1) is 11.3 Å². The van der Waals surface area contributed by atoms with Gasteiger partial charge in [0.25, 0.3) is 0 Å². The van der Waals surface area contributed by atoms with Crippen LogP contribution in [-0.2, 0) is 6.54 Å². The molecular weight excluding hydrogens is 222 g/mol. The summed E-state index contributed by atoms with van der Waals surface area (Å²) >= 11 is 1.72. The molecule has 3 rings (SSSR count). The Bertz CT molecular complexity index is 373. The Morgan fingerprint density at radius 3 is 2.81 bits per heavy atom. The molecule has 3 heterocycles. The van der Waals surface area contributed by atoms with E-state index in [1.165, 1.54) is 17.8 Å². The molecule has 4 nitrogen and oxygen atoms in total. The Kier molecular flexibility index (Phi) is 2.93. The van der Waals surface area contributed by atoms with Gasteiger partial charge in [0.15, 0.2) is 0 Å². The highest BCUT2D eigenvalue weighted by Gasteiger charge is 2.26. The van der Waals surface area contributed by atoms with Crippen molar-refractivity contribution in [3.8, 4) is 0 Å². The topological polar surface area (TPSA) is 57.2 Å². The Balaban J connectivity index is 1.85. The van der Waals surface area contributed by atoms with E-state index in [1.807, 2.05) is 0 Å². The Labute approximate surface area is 99.1 Å². The fraction of sp³-hybridized carbons (Fsp3) is 0.727. The molecule has 5 heteroatoms. The number of aliphatic hydroxyl groups is 1. The molecule has 0 aromatic carbocycles. The van der Waals surface area contributed by atoms with Crippen LogP contribution in [0.25, 0.3) is 0 Å². The predicted octanol–water partition coefficient (Wildman–Crippen LogP) is 0.747. The summed E-state index contributed by atoms with van der Waals surface area (Å²) in [5, 5.41) is 17.7. The van der Waals surface area contributed by atoms with Gasteiger partial charge >= 0.3 is 0 Å². The second kappa shape index (κ2) is 4.41. The third-order valence-corrected chi connectivity index (χ3v) is 4.73. The summed E-state index contributed by atoms with van der Waals surface area (Å²) in [5.74, 6) is 0.601. The number of aliphatic hydroxyl groups excluding tert-OH is 1. The number of fused-ring (bicyclic) bond motifs is 1. The summed E-state index contributed by atoms with van der Waals surface area (Å²) in [6.07, 6.45) is 2.00. The first kappa shape index (κ1) is 10.7. The zero-order valence-corrected chi connectivity index (χ0v) is 10.0. The molecule has 0 amide bonds. The van der Waals surface area contributed by atoms with E-state index in [2.05, 4.69) is 10.6 Å². The molecule has 16 heavy (non-hydrogen) atoms. The number of nitrogens with one attached hydrogen (secondary N) is 2. The molecule has 0 radical (unpaired) electrons. The van der Waals surface area contributed by atoms with Crippen LogP contribution in [0.5, 0.6) is 0 Å². The van der Waals surface area contributed by atoms with Crippen molar-refractivity contribution in [2.75, 3.05) is 19.6 Å². The lowest BCUT2D eigenvalue weighted by Gasteiger charge is -2.20. The van der Waals surface area contributed by atoms with Crippen LogP contribution in [0.3, 0.4) is 0 Å². The molecule has 1 unspecified atom stereocenters. The van der Waals surface area contributed by atoms with E-state index >= 15 is 0 Å². The molecular formula is C11H17N3OS. The molecule has 88 valence electrons. The van der Waals surface area contributed by atoms with Gasteiger partial charge in [0.05, 0.1) is 15.6 Å². The zero-order valence-electron chi connectivity index (χ0n) is 9.20. The molecule has 1 atom stereocenters. The summed E-state index contributed by atoms with van der Waals surface area (Å²) in [7, 11) is 0. The first-order chi connectivity index (χ1) is 7.84. The molecule has 0 saturated carbocycles. The minimum Gasteiger partial charge on any atom is -0.386 e. The van der Waals surface area contributed by atoms with E-state index in [9.17, 15) is 5.11 Å². The minimum absolute atomic E-state index is 0.350. The van der Waals surface area contributed by atoms with Gasteiger partial charge in [-0.05, 0) is 25.9 Å². The lowest BCUT2D eigenvalue weighted by molar-refractivity contribution is 0.168. The Morgan fingerprint density at radius 1 is 1.25 bits per heavy atom. The second-order valence-electron chi connectivity index (χ2n) is 4.53. The average molecular weight is 239 g/mol. The van der Waals surface area contributed by atoms with Crippen LogP contribution in [0.2, 0.25) is 0 Å². The number of nitrogens with zero attached hydrogens (tertiary/aromatic N) is 1. The molecule has 1 fully saturated rings. The fourth-order valence-electron chi connectivity index (χ4n) is 2.43. The fourth-order valence-corrected chi connectivity index (χ4v) is 3.67. The highest BCUT2D eigenvalue weighted by Crippen LogP contribution is 2.34. The molecule has 0 bridgehead atoms. The number of hydrogen-bond donors (Lipinski definition) is 3. The summed E-state index contributed by atoms with van der Waals surface area (Å²) in [5.41, 5.74) is 1.07. The maximum Gasteiger partial charge on any atom is 0.102 e. The maximum absolute atomic E-state index is 9.87. The van der Waals surface area contributed by atoms with Crippen molar-refractivity contribution in [1.82, 2.24) is 15.6 Å². The maximum atomic E-state index is 9.87. The van der Waals surface area contributed by atoms with Crippen LogP contribution >= 0.6 is 11.3 Å². The third-order valence-electron chi connectivity index (χ3n) is 3.37. The van der Waals surface area contributed by atoms with Crippen molar-refractivity contribution < 1.29 is 5.11 Å². The van der Waals surface area contributed by atoms with Gasteiger partial charge in [0, 0.05) is 19.0 Å². The number of hydrogen-bond acceptors (Lipinski definition) is 5. The van der Waals surface area contributed by atoms with Crippen molar-refractivity contribution in [2.24, 2.45) is 0 Å². The zero-order chi connectivity index (χ0) is 11.0. The van der Waals surface area contributed by atoms with Crippen molar-refractivity contribution in [3.05, 3.63) is 15.6 Å². The van der Waals surface area contributed by atoms with Crippen molar-refractivity contribution >= 4 is 11.3 Å². The van der Waals surface area contributed by atoms with Crippen LogP contribution in [0.15, 0.2) is 0 Å². The SMILES string of the molecule is OC1CNCc2nc(C3CCNCC3)sc21. The van der Waals surface area contributed by atoms with Crippen molar-refractivity contribution in [1.29, 1.82) is 0 Å². The number of thiazole rings is 1. The third kappa shape index (κ3) is 1.88. The van der Waals surface area contributed by atoms with Crippen LogP contribution < -0.4 is 10.6 Å². The van der Waals surface area contributed by atoms with Crippen molar-refractivity contribution in [3.63, 3.8) is 0 Å². The quantitative estimate of drug-likeness (QED) is 0.677. The molecule has 0 aliphatic carbocycles. The standard InChI is InChI=1S/C11H17N3OS/c15-9-6-13-5-8-10(9)16-11(14-8)7-1-3-12-4-2-7/h7,9,12-13,15H,1-6H2. The normalized spacial score (nSPS) is 26.7. The van der Waals surface area contributed by atoms with Crippen molar-refractivity contribution in [2.45, 2.75) is 31.4 Å². The molecule has 1 aromatic rings. The molecule has 0 spiro atoms. The number of aromatic nitrogens is 1. The predicted molar refractivity (Wildman–Crippen MR) is 63.6 cm³/mol. The van der Waals surface area contributed by atoms with Crippen LogP contribution in [0, 0.1) is 0 Å². The summed E-state index contributed by atoms with van der Waals surface area (Å²) in [6, 6.07) is 0. The van der Waals surface area contributed by atoms with E-state index in [0.29, 0.717) is 12.5 Å². The number of β-amino-alcohol motifs (C(OH)–C–C–N with tert-alkyl or cyclic N) is 1. The van der Waals surface area contributed by atoms with Gasteiger partial charge in [-0.1, -0.05) is 0 Å². The van der Waals surface area contributed by atoms with Gasteiger partial charge in [-0.2, -0.15) is 0 Å². The van der Waals surface area contributed by atoms with Gasteiger partial charge in [0.1, 0.15) is 6.10 Å². The van der Waals surface area contributed by atoms with Gasteiger partial charge < -0.3 is 15.7 Å². The molecule has 1 aromatic heterocycles. The van der Waals surface area contributed by atoms with Crippen LogP contribution in [0.4, 0.5) is 0 Å². The lowest BCUT2D eigenvalue weighted by atomic mass is 9.99. The minimum atomic E-state index is -0.350.